The topological polar surface area (TPSA) is 97.6 Å². The summed E-state index contributed by atoms with van der Waals surface area (Å²) in [5.41, 5.74) is 0.388. The molecular weight excluding hydrogens is 320 g/mol. The number of imidazole rings is 1. The van der Waals surface area contributed by atoms with Gasteiger partial charge in [-0.15, -0.1) is 13.2 Å². The molecular formula is C17H18N6O2. The normalized spacial score (nSPS) is 10.8. The Labute approximate surface area is 143 Å². The minimum absolute atomic E-state index is 0.123. The van der Waals surface area contributed by atoms with Gasteiger partial charge in [0, 0.05) is 31.9 Å². The summed E-state index contributed by atoms with van der Waals surface area (Å²) in [5.74, 6) is 1.19. The van der Waals surface area contributed by atoms with Crippen LogP contribution in [0, 0.1) is 0 Å². The first-order valence-electron chi connectivity index (χ1n) is 7.70. The van der Waals surface area contributed by atoms with Gasteiger partial charge in [0.1, 0.15) is 17.2 Å². The second kappa shape index (κ2) is 6.60. The number of nitrogens with one attached hydrogen (secondary N) is 2. The molecule has 0 saturated heterocycles. The summed E-state index contributed by atoms with van der Waals surface area (Å²) in [4.78, 5) is 36.9. The SMILES string of the molecule is C=CCn1c(=O)c2[nH]c(-c3ccc(NC)nc3)nc2n(CC=C)c1=O. The molecule has 0 aliphatic rings. The Morgan fingerprint density at radius 2 is 1.92 bits per heavy atom. The number of allylic oxidation sites excluding steroid dienone is 2. The van der Waals surface area contributed by atoms with Crippen LogP contribution in [0.4, 0.5) is 5.82 Å². The molecule has 0 atom stereocenters. The van der Waals surface area contributed by atoms with Gasteiger partial charge in [0.25, 0.3) is 5.56 Å². The fourth-order valence-electron chi connectivity index (χ4n) is 2.57. The molecule has 0 fully saturated rings. The molecule has 0 unspecified atom stereocenters. The highest BCUT2D eigenvalue weighted by molar-refractivity contribution is 5.75. The van der Waals surface area contributed by atoms with Gasteiger partial charge in [-0.05, 0) is 12.1 Å². The summed E-state index contributed by atoms with van der Waals surface area (Å²) < 4.78 is 2.52. The Balaban J connectivity index is 2.27. The first-order valence-corrected chi connectivity index (χ1v) is 7.70. The summed E-state index contributed by atoms with van der Waals surface area (Å²) in [6.45, 7) is 7.63. The van der Waals surface area contributed by atoms with E-state index in [1.54, 1.807) is 25.4 Å². The smallest absolute Gasteiger partial charge is 0.333 e. The molecule has 0 bridgehead atoms. The van der Waals surface area contributed by atoms with Gasteiger partial charge in [-0.25, -0.2) is 14.8 Å². The van der Waals surface area contributed by atoms with Gasteiger partial charge in [-0.1, -0.05) is 12.2 Å². The van der Waals surface area contributed by atoms with Gasteiger partial charge >= 0.3 is 5.69 Å². The third-order valence-corrected chi connectivity index (χ3v) is 3.78. The molecule has 25 heavy (non-hydrogen) atoms. The predicted octanol–water partition coefficient (Wildman–Crippen LogP) is 1.36. The summed E-state index contributed by atoms with van der Waals surface area (Å²) >= 11 is 0. The molecule has 3 aromatic heterocycles. The van der Waals surface area contributed by atoms with Gasteiger partial charge in [0.15, 0.2) is 5.65 Å². The zero-order valence-electron chi connectivity index (χ0n) is 13.8. The van der Waals surface area contributed by atoms with Crippen molar-refractivity contribution in [1.29, 1.82) is 0 Å². The standard InChI is InChI=1S/C17H18N6O2/c1-4-8-22-15-13(16(24)23(9-5-2)17(22)25)20-14(21-15)11-6-7-12(18-3)19-10-11/h4-7,10H,1-2,8-9H2,3H3,(H,18,19)(H,20,21). The van der Waals surface area contributed by atoms with Crippen molar-refractivity contribution >= 4 is 17.0 Å². The van der Waals surface area contributed by atoms with Crippen molar-refractivity contribution in [2.75, 3.05) is 12.4 Å². The van der Waals surface area contributed by atoms with Crippen molar-refractivity contribution in [2.24, 2.45) is 0 Å². The van der Waals surface area contributed by atoms with Gasteiger partial charge in [0.05, 0.1) is 0 Å². The lowest BCUT2D eigenvalue weighted by Crippen LogP contribution is -2.39. The number of aromatic amines is 1. The van der Waals surface area contributed by atoms with Crippen LogP contribution in [0.3, 0.4) is 0 Å². The van der Waals surface area contributed by atoms with E-state index in [2.05, 4.69) is 33.4 Å². The maximum atomic E-state index is 12.6. The van der Waals surface area contributed by atoms with Crippen LogP contribution < -0.4 is 16.6 Å². The molecule has 0 spiro atoms. The lowest BCUT2D eigenvalue weighted by atomic mass is 10.3. The summed E-state index contributed by atoms with van der Waals surface area (Å²) in [5, 5.41) is 2.94. The number of hydrogen-bond acceptors (Lipinski definition) is 5. The Bertz CT molecular complexity index is 1060. The van der Waals surface area contributed by atoms with Crippen molar-refractivity contribution in [1.82, 2.24) is 24.1 Å². The maximum Gasteiger partial charge on any atom is 0.333 e. The third-order valence-electron chi connectivity index (χ3n) is 3.78. The quantitative estimate of drug-likeness (QED) is 0.662. The first-order chi connectivity index (χ1) is 12.1. The van der Waals surface area contributed by atoms with Gasteiger partial charge in [0.2, 0.25) is 0 Å². The Hall–Kier alpha value is -3.42. The number of fused-ring (bicyclic) bond motifs is 1. The van der Waals surface area contributed by atoms with E-state index >= 15 is 0 Å². The minimum atomic E-state index is -0.445. The highest BCUT2D eigenvalue weighted by atomic mass is 16.2. The summed E-state index contributed by atoms with van der Waals surface area (Å²) in [6, 6.07) is 3.63. The zero-order chi connectivity index (χ0) is 18.0. The van der Waals surface area contributed by atoms with Crippen LogP contribution in [0.1, 0.15) is 0 Å². The first kappa shape index (κ1) is 16.4. The molecule has 2 N–H and O–H groups in total. The number of pyridine rings is 1. The highest BCUT2D eigenvalue weighted by Gasteiger charge is 2.17. The van der Waals surface area contributed by atoms with E-state index in [0.29, 0.717) is 17.0 Å². The average molecular weight is 338 g/mol. The Morgan fingerprint density at radius 3 is 2.52 bits per heavy atom. The zero-order valence-corrected chi connectivity index (χ0v) is 13.8. The molecule has 0 radical (unpaired) electrons. The van der Waals surface area contributed by atoms with Gasteiger partial charge in [-0.3, -0.25) is 13.9 Å². The van der Waals surface area contributed by atoms with Crippen molar-refractivity contribution in [3.63, 3.8) is 0 Å². The Morgan fingerprint density at radius 1 is 1.20 bits per heavy atom. The van der Waals surface area contributed by atoms with Gasteiger partial charge < -0.3 is 10.3 Å². The van der Waals surface area contributed by atoms with Crippen LogP contribution in [0.25, 0.3) is 22.6 Å². The number of H-pyrrole nitrogens is 1. The molecule has 0 saturated carbocycles. The van der Waals surface area contributed by atoms with Gasteiger partial charge in [-0.2, -0.15) is 0 Å². The van der Waals surface area contributed by atoms with Crippen molar-refractivity contribution < 1.29 is 0 Å². The van der Waals surface area contributed by atoms with E-state index in [0.717, 1.165) is 10.4 Å². The monoisotopic (exact) mass is 338 g/mol. The highest BCUT2D eigenvalue weighted by Crippen LogP contribution is 2.18. The molecule has 8 heteroatoms. The molecule has 0 aliphatic heterocycles. The average Bonchev–Trinajstić information content (AvgIpc) is 3.08. The number of hydrogen-bond donors (Lipinski definition) is 2. The molecule has 0 aliphatic carbocycles. The van der Waals surface area contributed by atoms with Crippen molar-refractivity contribution in [3.05, 3.63) is 64.5 Å². The number of anilines is 1. The predicted molar refractivity (Wildman–Crippen MR) is 97.8 cm³/mol. The Kier molecular flexibility index (Phi) is 4.34. The van der Waals surface area contributed by atoms with Crippen LogP contribution in [0.5, 0.6) is 0 Å². The van der Waals surface area contributed by atoms with E-state index in [1.165, 1.54) is 10.6 Å². The largest absolute Gasteiger partial charge is 0.373 e. The molecule has 3 rings (SSSR count). The number of nitrogens with zero attached hydrogens (tertiary/aromatic N) is 4. The van der Waals surface area contributed by atoms with E-state index in [4.69, 9.17) is 0 Å². The van der Waals surface area contributed by atoms with E-state index in [1.807, 2.05) is 6.07 Å². The van der Waals surface area contributed by atoms with E-state index in [9.17, 15) is 9.59 Å². The van der Waals surface area contributed by atoms with E-state index < -0.39 is 11.2 Å². The fourth-order valence-corrected chi connectivity index (χ4v) is 2.57. The molecule has 0 amide bonds. The lowest BCUT2D eigenvalue weighted by Gasteiger charge is -2.07. The maximum absolute atomic E-state index is 12.6. The summed E-state index contributed by atoms with van der Waals surface area (Å²) in [6.07, 6.45) is 4.73. The number of rotatable bonds is 6. The van der Waals surface area contributed by atoms with Crippen LogP contribution in [-0.4, -0.2) is 31.1 Å². The van der Waals surface area contributed by atoms with E-state index in [-0.39, 0.29) is 18.6 Å². The lowest BCUT2D eigenvalue weighted by molar-refractivity contribution is 0.646. The molecule has 0 aromatic carbocycles. The summed E-state index contributed by atoms with van der Waals surface area (Å²) in [7, 11) is 1.78. The fraction of sp³-hybridized carbons (Fsp3) is 0.176. The molecule has 8 nitrogen and oxygen atoms in total. The third kappa shape index (κ3) is 2.78. The second-order valence-corrected chi connectivity index (χ2v) is 5.35. The van der Waals surface area contributed by atoms with Crippen molar-refractivity contribution in [2.45, 2.75) is 13.1 Å². The van der Waals surface area contributed by atoms with Crippen LogP contribution in [-0.2, 0) is 13.1 Å². The van der Waals surface area contributed by atoms with Crippen LogP contribution in [0.15, 0.2) is 53.2 Å². The molecule has 3 aromatic rings. The molecule has 128 valence electrons. The minimum Gasteiger partial charge on any atom is -0.373 e. The van der Waals surface area contributed by atoms with Crippen molar-refractivity contribution in [3.8, 4) is 11.4 Å². The van der Waals surface area contributed by atoms with Crippen LogP contribution in [0.2, 0.25) is 0 Å². The second-order valence-electron chi connectivity index (χ2n) is 5.35. The van der Waals surface area contributed by atoms with Crippen LogP contribution >= 0.6 is 0 Å². The molecule has 3 heterocycles. The number of aromatic nitrogens is 5.